The molecular formula is C21H23NO4. The van der Waals surface area contributed by atoms with Crippen molar-refractivity contribution in [1.29, 1.82) is 0 Å². The Labute approximate surface area is 153 Å². The van der Waals surface area contributed by atoms with Crippen LogP contribution < -0.4 is 5.32 Å². The quantitative estimate of drug-likeness (QED) is 0.848. The van der Waals surface area contributed by atoms with Gasteiger partial charge >= 0.3 is 12.1 Å². The van der Waals surface area contributed by atoms with Crippen molar-refractivity contribution >= 4 is 12.1 Å². The maximum absolute atomic E-state index is 12.0. The monoisotopic (exact) mass is 353 g/mol. The Morgan fingerprint density at radius 3 is 2.04 bits per heavy atom. The van der Waals surface area contributed by atoms with Crippen LogP contribution in [0.4, 0.5) is 4.79 Å². The van der Waals surface area contributed by atoms with Gasteiger partial charge in [-0.05, 0) is 43.0 Å². The third-order valence-electron chi connectivity index (χ3n) is 4.15. The highest BCUT2D eigenvalue weighted by Gasteiger charge is 2.29. The Hall–Kier alpha value is -2.82. The predicted octanol–water partition coefficient (Wildman–Crippen LogP) is 3.87. The summed E-state index contributed by atoms with van der Waals surface area (Å²) in [5, 5.41) is 2.42. The normalized spacial score (nSPS) is 12.9. The Kier molecular flexibility index (Phi) is 4.98. The van der Waals surface area contributed by atoms with Crippen LogP contribution in [0.15, 0.2) is 48.5 Å². The van der Waals surface area contributed by atoms with Crippen LogP contribution >= 0.6 is 0 Å². The van der Waals surface area contributed by atoms with Crippen molar-refractivity contribution in [1.82, 2.24) is 5.32 Å². The summed E-state index contributed by atoms with van der Waals surface area (Å²) in [7, 11) is 0. The molecule has 1 aliphatic carbocycles. The number of ether oxygens (including phenoxy) is 2. The first-order valence-corrected chi connectivity index (χ1v) is 8.66. The number of nitrogens with one attached hydrogen (secondary N) is 1. The first kappa shape index (κ1) is 18.0. The number of amides is 1. The van der Waals surface area contributed by atoms with Gasteiger partial charge in [0.15, 0.2) is 0 Å². The zero-order valence-electron chi connectivity index (χ0n) is 15.2. The minimum absolute atomic E-state index is 0.00729. The molecule has 5 heteroatoms. The molecule has 0 radical (unpaired) electrons. The summed E-state index contributed by atoms with van der Waals surface area (Å²) in [5.41, 5.74) is 4.06. The molecule has 0 aliphatic heterocycles. The van der Waals surface area contributed by atoms with Crippen molar-refractivity contribution in [2.24, 2.45) is 0 Å². The van der Waals surface area contributed by atoms with Crippen molar-refractivity contribution in [2.75, 3.05) is 13.2 Å². The van der Waals surface area contributed by atoms with E-state index in [0.717, 1.165) is 11.1 Å². The highest BCUT2D eigenvalue weighted by Crippen LogP contribution is 2.44. The Balaban J connectivity index is 1.60. The standard InChI is InChI=1S/C21H23NO4/c1-21(2,3)26-20(24)22-12-19(23)25-13-18-16-10-6-4-8-14(16)15-9-5-7-11-17(15)18/h4-11,18H,12-13H2,1-3H3,(H,22,24). The zero-order valence-corrected chi connectivity index (χ0v) is 15.2. The summed E-state index contributed by atoms with van der Waals surface area (Å²) in [6, 6.07) is 16.3. The van der Waals surface area contributed by atoms with Crippen molar-refractivity contribution in [3.05, 3.63) is 59.7 Å². The lowest BCUT2D eigenvalue weighted by Crippen LogP contribution is -2.36. The Morgan fingerprint density at radius 2 is 1.50 bits per heavy atom. The molecule has 0 spiro atoms. The largest absolute Gasteiger partial charge is 0.463 e. The van der Waals surface area contributed by atoms with Gasteiger partial charge in [0, 0.05) is 5.92 Å². The number of carbonyl (C=O) groups is 2. The smallest absolute Gasteiger partial charge is 0.408 e. The molecule has 0 atom stereocenters. The van der Waals surface area contributed by atoms with Gasteiger partial charge in [0.25, 0.3) is 0 Å². The van der Waals surface area contributed by atoms with E-state index in [9.17, 15) is 9.59 Å². The van der Waals surface area contributed by atoms with E-state index in [1.807, 2.05) is 24.3 Å². The topological polar surface area (TPSA) is 64.6 Å². The third kappa shape index (κ3) is 4.04. The minimum atomic E-state index is -0.633. The van der Waals surface area contributed by atoms with Gasteiger partial charge in [0.2, 0.25) is 0 Å². The Morgan fingerprint density at radius 1 is 0.962 bits per heavy atom. The first-order valence-electron chi connectivity index (χ1n) is 8.66. The average Bonchev–Trinajstić information content (AvgIpc) is 2.91. The van der Waals surface area contributed by atoms with Crippen LogP contribution in [0.25, 0.3) is 11.1 Å². The molecule has 3 rings (SSSR count). The summed E-state index contributed by atoms with van der Waals surface area (Å²) in [4.78, 5) is 23.6. The fourth-order valence-corrected chi connectivity index (χ4v) is 3.13. The number of carbonyl (C=O) groups excluding carboxylic acids is 2. The molecule has 0 bridgehead atoms. The maximum atomic E-state index is 12.0. The van der Waals surface area contributed by atoms with E-state index in [1.54, 1.807) is 20.8 Å². The molecule has 136 valence electrons. The van der Waals surface area contributed by atoms with Crippen molar-refractivity contribution in [3.63, 3.8) is 0 Å². The minimum Gasteiger partial charge on any atom is -0.463 e. The lowest BCUT2D eigenvalue weighted by molar-refractivity contribution is -0.142. The zero-order chi connectivity index (χ0) is 18.7. The molecule has 0 aromatic heterocycles. The van der Waals surface area contributed by atoms with E-state index in [0.29, 0.717) is 0 Å². The molecule has 1 N–H and O–H groups in total. The number of benzene rings is 2. The Bertz CT molecular complexity index is 777. The molecule has 0 heterocycles. The molecule has 26 heavy (non-hydrogen) atoms. The van der Waals surface area contributed by atoms with Crippen LogP contribution in [0.1, 0.15) is 37.8 Å². The second kappa shape index (κ2) is 7.20. The second-order valence-corrected chi connectivity index (χ2v) is 7.27. The van der Waals surface area contributed by atoms with E-state index < -0.39 is 17.7 Å². The molecule has 1 aliphatic rings. The van der Waals surface area contributed by atoms with Gasteiger partial charge in [-0.25, -0.2) is 4.79 Å². The molecule has 2 aromatic rings. The number of fused-ring (bicyclic) bond motifs is 3. The number of alkyl carbamates (subject to hydrolysis) is 1. The third-order valence-corrected chi connectivity index (χ3v) is 4.15. The van der Waals surface area contributed by atoms with E-state index in [1.165, 1.54) is 11.1 Å². The van der Waals surface area contributed by atoms with Gasteiger partial charge in [0.05, 0.1) is 0 Å². The van der Waals surface area contributed by atoms with Crippen LogP contribution in [0.5, 0.6) is 0 Å². The van der Waals surface area contributed by atoms with E-state index >= 15 is 0 Å². The maximum Gasteiger partial charge on any atom is 0.408 e. The summed E-state index contributed by atoms with van der Waals surface area (Å²) >= 11 is 0. The van der Waals surface area contributed by atoms with Gasteiger partial charge in [-0.15, -0.1) is 0 Å². The van der Waals surface area contributed by atoms with E-state index in [-0.39, 0.29) is 19.1 Å². The fourth-order valence-electron chi connectivity index (χ4n) is 3.13. The van der Waals surface area contributed by atoms with Crippen LogP contribution in [0.3, 0.4) is 0 Å². The van der Waals surface area contributed by atoms with Gasteiger partial charge in [-0.2, -0.15) is 0 Å². The van der Waals surface area contributed by atoms with Gasteiger partial charge in [-0.3, -0.25) is 4.79 Å². The molecule has 2 aromatic carbocycles. The van der Waals surface area contributed by atoms with Gasteiger partial charge < -0.3 is 14.8 Å². The molecule has 0 saturated carbocycles. The van der Waals surface area contributed by atoms with Crippen LogP contribution in [0, 0.1) is 0 Å². The van der Waals surface area contributed by atoms with E-state index in [4.69, 9.17) is 9.47 Å². The molecule has 0 saturated heterocycles. The van der Waals surface area contributed by atoms with Gasteiger partial charge in [-0.1, -0.05) is 48.5 Å². The highest BCUT2D eigenvalue weighted by molar-refractivity contribution is 5.80. The van der Waals surface area contributed by atoms with Crippen molar-refractivity contribution in [3.8, 4) is 11.1 Å². The van der Waals surface area contributed by atoms with Crippen LogP contribution in [0.2, 0.25) is 0 Å². The lowest BCUT2D eigenvalue weighted by atomic mass is 9.98. The molecular weight excluding hydrogens is 330 g/mol. The highest BCUT2D eigenvalue weighted by atomic mass is 16.6. The summed E-state index contributed by atoms with van der Waals surface area (Å²) in [6.07, 6.45) is -0.633. The van der Waals surface area contributed by atoms with Crippen molar-refractivity contribution in [2.45, 2.75) is 32.3 Å². The lowest BCUT2D eigenvalue weighted by Gasteiger charge is -2.19. The fraction of sp³-hybridized carbons (Fsp3) is 0.333. The number of esters is 1. The second-order valence-electron chi connectivity index (χ2n) is 7.27. The number of rotatable bonds is 4. The van der Waals surface area contributed by atoms with Gasteiger partial charge in [0.1, 0.15) is 18.8 Å². The van der Waals surface area contributed by atoms with Crippen molar-refractivity contribution < 1.29 is 19.1 Å². The van der Waals surface area contributed by atoms with Crippen LogP contribution in [-0.4, -0.2) is 30.8 Å². The van der Waals surface area contributed by atoms with Crippen LogP contribution in [-0.2, 0) is 14.3 Å². The van der Waals surface area contributed by atoms with E-state index in [2.05, 4.69) is 29.6 Å². The average molecular weight is 353 g/mol. The first-order chi connectivity index (χ1) is 12.3. The molecule has 5 nitrogen and oxygen atoms in total. The number of hydrogen-bond donors (Lipinski definition) is 1. The number of hydrogen-bond acceptors (Lipinski definition) is 4. The molecule has 1 amide bonds. The summed E-state index contributed by atoms with van der Waals surface area (Å²) < 4.78 is 10.5. The molecule has 0 unspecified atom stereocenters. The predicted molar refractivity (Wildman–Crippen MR) is 98.9 cm³/mol. The summed E-state index contributed by atoms with van der Waals surface area (Å²) in [5.74, 6) is -0.481. The SMILES string of the molecule is CC(C)(C)OC(=O)NCC(=O)OCC1c2ccccc2-c2ccccc21. The molecule has 0 fully saturated rings. The summed E-state index contributed by atoms with van der Waals surface area (Å²) in [6.45, 7) is 5.31.